The van der Waals surface area contributed by atoms with Gasteiger partial charge >= 0.3 is 0 Å². The Morgan fingerprint density at radius 2 is 0.913 bits per heavy atom. The van der Waals surface area contributed by atoms with Crippen molar-refractivity contribution in [2.45, 2.75) is 0 Å². The molecule has 0 aliphatic rings. The predicted molar refractivity (Wildman–Crippen MR) is 192 cm³/mol. The molecule has 0 atom stereocenters. The fourth-order valence-electron chi connectivity index (χ4n) is 7.02. The van der Waals surface area contributed by atoms with Crippen molar-refractivity contribution >= 4 is 43.6 Å². The summed E-state index contributed by atoms with van der Waals surface area (Å²) in [6.45, 7) is 0. The molecular weight excluding hydrogens is 560 g/mol. The number of para-hydroxylation sites is 2. The van der Waals surface area contributed by atoms with E-state index < -0.39 is 0 Å². The molecule has 0 saturated carbocycles. The van der Waals surface area contributed by atoms with E-state index in [4.69, 9.17) is 0 Å². The van der Waals surface area contributed by atoms with E-state index in [-0.39, 0.29) is 5.43 Å². The number of fused-ring (bicyclic) bond motifs is 6. The molecule has 0 fully saturated rings. The molecule has 0 radical (unpaired) electrons. The number of nitrogens with zero attached hydrogens (tertiary/aromatic N) is 2. The summed E-state index contributed by atoms with van der Waals surface area (Å²) in [6, 6.07) is 58.8. The van der Waals surface area contributed by atoms with Crippen molar-refractivity contribution in [3.05, 3.63) is 180 Å². The van der Waals surface area contributed by atoms with Gasteiger partial charge in [-0.3, -0.25) is 4.79 Å². The fourth-order valence-corrected chi connectivity index (χ4v) is 7.02. The largest absolute Gasteiger partial charge is 0.309 e. The molecule has 0 unspecified atom stereocenters. The molecule has 9 rings (SSSR count). The second kappa shape index (κ2) is 10.5. The normalized spacial score (nSPS) is 11.6. The van der Waals surface area contributed by atoms with Crippen molar-refractivity contribution in [2.75, 3.05) is 0 Å². The van der Waals surface area contributed by atoms with E-state index in [0.29, 0.717) is 10.8 Å². The summed E-state index contributed by atoms with van der Waals surface area (Å²) in [7, 11) is 0. The molecule has 7 aromatic carbocycles. The molecule has 3 nitrogen and oxygen atoms in total. The average Bonchev–Trinajstić information content (AvgIpc) is 3.47. The van der Waals surface area contributed by atoms with Gasteiger partial charge in [0.2, 0.25) is 0 Å². The maximum Gasteiger partial charge on any atom is 0.199 e. The Labute approximate surface area is 265 Å². The van der Waals surface area contributed by atoms with E-state index in [2.05, 4.69) is 143 Å². The van der Waals surface area contributed by atoms with Crippen LogP contribution in [0.2, 0.25) is 0 Å². The van der Waals surface area contributed by atoms with Gasteiger partial charge in [-0.2, -0.15) is 0 Å². The summed E-state index contributed by atoms with van der Waals surface area (Å²) in [4.78, 5) is 14.6. The lowest BCUT2D eigenvalue weighted by atomic mass is 10.0. The molecule has 0 amide bonds. The van der Waals surface area contributed by atoms with Gasteiger partial charge in [-0.05, 0) is 70.8 Å². The van der Waals surface area contributed by atoms with Crippen LogP contribution in [0.3, 0.4) is 0 Å². The van der Waals surface area contributed by atoms with Crippen molar-refractivity contribution < 1.29 is 0 Å². The molecule has 0 aliphatic carbocycles. The summed E-state index contributed by atoms with van der Waals surface area (Å²) in [6.07, 6.45) is 0. The Morgan fingerprint density at radius 1 is 0.348 bits per heavy atom. The first kappa shape index (κ1) is 26.2. The van der Waals surface area contributed by atoms with Crippen LogP contribution in [-0.4, -0.2) is 9.13 Å². The highest BCUT2D eigenvalue weighted by Crippen LogP contribution is 2.38. The quantitative estimate of drug-likeness (QED) is 0.188. The van der Waals surface area contributed by atoms with Crippen LogP contribution in [0.1, 0.15) is 0 Å². The second-order valence-corrected chi connectivity index (χ2v) is 11.7. The summed E-state index contributed by atoms with van der Waals surface area (Å²) in [5.74, 6) is 0. The average molecular weight is 589 g/mol. The molecule has 2 heterocycles. The lowest BCUT2D eigenvalue weighted by Gasteiger charge is -2.18. The lowest BCUT2D eigenvalue weighted by Crippen LogP contribution is -2.12. The third kappa shape index (κ3) is 4.03. The van der Waals surface area contributed by atoms with Crippen molar-refractivity contribution in [2.24, 2.45) is 0 Å². The van der Waals surface area contributed by atoms with Crippen LogP contribution in [0.15, 0.2) is 175 Å². The highest BCUT2D eigenvalue weighted by molar-refractivity contribution is 6.19. The summed E-state index contributed by atoms with van der Waals surface area (Å²) < 4.78 is 4.52. The van der Waals surface area contributed by atoms with Crippen molar-refractivity contribution in [1.82, 2.24) is 9.13 Å². The predicted octanol–water partition coefficient (Wildman–Crippen LogP) is 10.6. The van der Waals surface area contributed by atoms with E-state index >= 15 is 0 Å². The number of hydrogen-bond acceptors (Lipinski definition) is 1. The van der Waals surface area contributed by atoms with Gasteiger partial charge < -0.3 is 9.13 Å². The summed E-state index contributed by atoms with van der Waals surface area (Å²) in [5.41, 5.74) is 10.4. The molecule has 9 aromatic rings. The molecule has 0 aliphatic heterocycles. The first-order valence-corrected chi connectivity index (χ1v) is 15.6. The molecule has 2 aromatic heterocycles. The number of benzene rings is 7. The van der Waals surface area contributed by atoms with E-state index in [9.17, 15) is 4.79 Å². The van der Waals surface area contributed by atoms with Crippen LogP contribution < -0.4 is 5.43 Å². The lowest BCUT2D eigenvalue weighted by molar-refractivity contribution is 1.15. The minimum absolute atomic E-state index is 0.0385. The van der Waals surface area contributed by atoms with Crippen LogP contribution in [0, 0.1) is 0 Å². The Bertz CT molecular complexity index is 2630. The van der Waals surface area contributed by atoms with Gasteiger partial charge in [-0.25, -0.2) is 0 Å². The molecular formula is C43H28N2O. The number of rotatable bonds is 4. The van der Waals surface area contributed by atoms with E-state index in [1.807, 2.05) is 36.4 Å². The zero-order valence-electron chi connectivity index (χ0n) is 25.0. The number of hydrogen-bond donors (Lipinski definition) is 0. The molecule has 0 N–H and O–H groups in total. The molecule has 0 saturated heterocycles. The Balaban J connectivity index is 1.39. The SMILES string of the molecule is O=c1c2ccccc2n(-c2cccc(-c3ccccc3)c2)c2ccc3c4ccccc4n(-c4ccc(-c5ccccc5)cc4)c3c12. The zero-order valence-corrected chi connectivity index (χ0v) is 25.0. The number of pyridine rings is 1. The summed E-state index contributed by atoms with van der Waals surface area (Å²) >= 11 is 0. The number of aromatic nitrogens is 2. The molecule has 3 heteroatoms. The third-order valence-corrected chi connectivity index (χ3v) is 9.12. The van der Waals surface area contributed by atoms with Crippen molar-refractivity contribution in [3.8, 4) is 33.6 Å². The van der Waals surface area contributed by atoms with Gasteiger partial charge in [0.05, 0.1) is 27.5 Å². The topological polar surface area (TPSA) is 26.9 Å². The minimum atomic E-state index is 0.0385. The highest BCUT2D eigenvalue weighted by atomic mass is 16.1. The molecule has 0 bridgehead atoms. The maximum atomic E-state index is 14.6. The minimum Gasteiger partial charge on any atom is -0.309 e. The Kier molecular flexibility index (Phi) is 5.97. The zero-order chi connectivity index (χ0) is 30.6. The van der Waals surface area contributed by atoms with Crippen LogP contribution in [0.5, 0.6) is 0 Å². The van der Waals surface area contributed by atoms with Crippen molar-refractivity contribution in [1.29, 1.82) is 0 Å². The smallest absolute Gasteiger partial charge is 0.199 e. The Morgan fingerprint density at radius 3 is 1.63 bits per heavy atom. The Hall–Kier alpha value is -6.19. The van der Waals surface area contributed by atoms with E-state index in [1.54, 1.807) is 0 Å². The fraction of sp³-hybridized carbons (Fsp3) is 0. The van der Waals surface area contributed by atoms with Gasteiger partial charge in [0, 0.05) is 27.5 Å². The van der Waals surface area contributed by atoms with Gasteiger partial charge in [0.25, 0.3) is 0 Å². The first-order valence-electron chi connectivity index (χ1n) is 15.6. The highest BCUT2D eigenvalue weighted by Gasteiger charge is 2.21. The first-order chi connectivity index (χ1) is 22.8. The third-order valence-electron chi connectivity index (χ3n) is 9.12. The van der Waals surface area contributed by atoms with Gasteiger partial charge in [-0.15, -0.1) is 0 Å². The maximum absolute atomic E-state index is 14.6. The van der Waals surface area contributed by atoms with E-state index in [1.165, 1.54) is 5.56 Å². The summed E-state index contributed by atoms with van der Waals surface area (Å²) in [5, 5.41) is 3.59. The molecule has 0 spiro atoms. The van der Waals surface area contributed by atoms with Gasteiger partial charge in [0.15, 0.2) is 5.43 Å². The van der Waals surface area contributed by atoms with Crippen LogP contribution in [0.4, 0.5) is 0 Å². The van der Waals surface area contributed by atoms with Crippen LogP contribution >= 0.6 is 0 Å². The van der Waals surface area contributed by atoms with Crippen LogP contribution in [0.25, 0.3) is 77.2 Å². The van der Waals surface area contributed by atoms with Gasteiger partial charge in [-0.1, -0.05) is 121 Å². The van der Waals surface area contributed by atoms with Crippen molar-refractivity contribution in [3.63, 3.8) is 0 Å². The molecule has 216 valence electrons. The standard InChI is InChI=1S/C43H28N2O/c46-43-37-19-8-10-21-39(37)44(34-17-11-16-32(28-34)30-14-5-2-6-15-30)40-27-26-36-35-18-7-9-20-38(35)45(42(36)41(40)43)33-24-22-31(23-25-33)29-12-3-1-4-13-29/h1-28H. The van der Waals surface area contributed by atoms with E-state index in [0.717, 1.165) is 60.9 Å². The monoisotopic (exact) mass is 588 g/mol. The molecule has 46 heavy (non-hydrogen) atoms. The second-order valence-electron chi connectivity index (χ2n) is 11.7. The van der Waals surface area contributed by atoms with Crippen LogP contribution in [-0.2, 0) is 0 Å². The van der Waals surface area contributed by atoms with Gasteiger partial charge in [0.1, 0.15) is 0 Å².